The summed E-state index contributed by atoms with van der Waals surface area (Å²) in [4.78, 5) is 26.6. The Morgan fingerprint density at radius 1 is 0.955 bits per heavy atom. The van der Waals surface area contributed by atoms with Crippen molar-refractivity contribution < 1.29 is 14.3 Å². The largest absolute Gasteiger partial charge is 0.436 e. The Morgan fingerprint density at radius 3 is 2.41 bits per heavy atom. The molecule has 108 valence electrons. The minimum atomic E-state index is -1.37. The number of benzene rings is 2. The van der Waals surface area contributed by atoms with Crippen LogP contribution in [-0.2, 0) is 19.9 Å². The normalized spacial score (nSPS) is 22.8. The zero-order valence-corrected chi connectivity index (χ0v) is 11.9. The first-order chi connectivity index (χ1) is 10.6. The van der Waals surface area contributed by atoms with Gasteiger partial charge in [-0.05, 0) is 6.07 Å². The lowest BCUT2D eigenvalue weighted by Crippen LogP contribution is -2.50. The Kier molecular flexibility index (Phi) is 2.51. The summed E-state index contributed by atoms with van der Waals surface area (Å²) in [5.74, 6) is -0.744. The van der Waals surface area contributed by atoms with E-state index in [4.69, 9.17) is 4.74 Å². The van der Waals surface area contributed by atoms with E-state index in [-0.39, 0.29) is 5.91 Å². The van der Waals surface area contributed by atoms with E-state index in [0.717, 1.165) is 11.3 Å². The van der Waals surface area contributed by atoms with E-state index in [1.165, 1.54) is 6.08 Å². The molecule has 1 amide bonds. The summed E-state index contributed by atoms with van der Waals surface area (Å²) in [6.45, 7) is 0. The monoisotopic (exact) mass is 291 g/mol. The summed E-state index contributed by atoms with van der Waals surface area (Å²) in [6, 6.07) is 16.7. The number of fused-ring (bicyclic) bond motifs is 3. The van der Waals surface area contributed by atoms with Crippen LogP contribution in [0.15, 0.2) is 60.7 Å². The van der Waals surface area contributed by atoms with Gasteiger partial charge in [0.2, 0.25) is 5.60 Å². The molecule has 2 aliphatic heterocycles. The van der Waals surface area contributed by atoms with E-state index in [1.807, 2.05) is 54.6 Å². The summed E-state index contributed by atoms with van der Waals surface area (Å²) >= 11 is 0. The molecular weight excluding hydrogens is 278 g/mol. The van der Waals surface area contributed by atoms with E-state index in [9.17, 15) is 9.59 Å². The van der Waals surface area contributed by atoms with Crippen LogP contribution in [0.25, 0.3) is 5.57 Å². The first-order valence-corrected chi connectivity index (χ1v) is 7.03. The van der Waals surface area contributed by atoms with Gasteiger partial charge in [-0.15, -0.1) is 0 Å². The van der Waals surface area contributed by atoms with Crippen molar-refractivity contribution in [2.75, 3.05) is 11.9 Å². The minimum absolute atomic E-state index is 0.255. The summed E-state index contributed by atoms with van der Waals surface area (Å²) < 4.78 is 5.56. The third-order valence-electron chi connectivity index (χ3n) is 4.24. The lowest BCUT2D eigenvalue weighted by Gasteiger charge is -2.39. The molecule has 0 spiro atoms. The van der Waals surface area contributed by atoms with Gasteiger partial charge >= 0.3 is 5.97 Å². The molecule has 2 heterocycles. The second kappa shape index (κ2) is 4.31. The summed E-state index contributed by atoms with van der Waals surface area (Å²) in [7, 11) is 1.70. The average molecular weight is 291 g/mol. The predicted molar refractivity (Wildman–Crippen MR) is 82.0 cm³/mol. The molecule has 22 heavy (non-hydrogen) atoms. The number of hydrogen-bond acceptors (Lipinski definition) is 3. The molecule has 0 saturated carbocycles. The predicted octanol–water partition coefficient (Wildman–Crippen LogP) is 2.50. The zero-order chi connectivity index (χ0) is 15.3. The van der Waals surface area contributed by atoms with Crippen molar-refractivity contribution in [3.8, 4) is 0 Å². The number of nitrogens with zero attached hydrogens (tertiary/aromatic N) is 1. The van der Waals surface area contributed by atoms with Crippen LogP contribution in [0.5, 0.6) is 0 Å². The number of para-hydroxylation sites is 1. The van der Waals surface area contributed by atoms with Gasteiger partial charge in [0, 0.05) is 29.8 Å². The molecule has 0 bridgehead atoms. The highest BCUT2D eigenvalue weighted by Gasteiger charge is 2.56. The molecule has 0 fully saturated rings. The molecule has 0 N–H and O–H groups in total. The molecule has 0 aliphatic carbocycles. The van der Waals surface area contributed by atoms with Gasteiger partial charge in [-0.3, -0.25) is 4.79 Å². The number of esters is 1. The van der Waals surface area contributed by atoms with Crippen molar-refractivity contribution in [3.63, 3.8) is 0 Å². The number of anilines is 1. The quantitative estimate of drug-likeness (QED) is 0.758. The fourth-order valence-electron chi connectivity index (χ4n) is 3.23. The van der Waals surface area contributed by atoms with Crippen molar-refractivity contribution in [2.24, 2.45) is 0 Å². The van der Waals surface area contributed by atoms with Crippen molar-refractivity contribution in [1.29, 1.82) is 0 Å². The zero-order valence-electron chi connectivity index (χ0n) is 11.9. The first-order valence-electron chi connectivity index (χ1n) is 7.03. The minimum Gasteiger partial charge on any atom is -0.436 e. The molecule has 0 saturated heterocycles. The molecule has 1 atom stereocenters. The Labute approximate surface area is 127 Å². The topological polar surface area (TPSA) is 46.6 Å². The van der Waals surface area contributed by atoms with Crippen LogP contribution in [0.1, 0.15) is 11.1 Å². The number of carbonyl (C=O) groups is 2. The fraction of sp³-hybridized carbons (Fsp3) is 0.111. The number of likely N-dealkylation sites (N-methyl/N-ethyl adjacent to an activating group) is 1. The van der Waals surface area contributed by atoms with Gasteiger partial charge in [-0.2, -0.15) is 0 Å². The smallest absolute Gasteiger partial charge is 0.332 e. The number of rotatable bonds is 1. The van der Waals surface area contributed by atoms with Crippen molar-refractivity contribution in [3.05, 3.63) is 71.8 Å². The van der Waals surface area contributed by atoms with Crippen LogP contribution < -0.4 is 4.90 Å². The van der Waals surface area contributed by atoms with E-state index >= 15 is 0 Å². The molecule has 2 aromatic rings. The maximum Gasteiger partial charge on any atom is 0.332 e. The third kappa shape index (κ3) is 1.46. The lowest BCUT2D eigenvalue weighted by atomic mass is 9.78. The summed E-state index contributed by atoms with van der Waals surface area (Å²) in [6.07, 6.45) is 1.43. The number of ether oxygens (including phenoxy) is 1. The van der Waals surface area contributed by atoms with Gasteiger partial charge in [0.05, 0.1) is 5.69 Å². The lowest BCUT2D eigenvalue weighted by molar-refractivity contribution is -0.155. The number of carbonyl (C=O) groups excluding carboxylic acids is 2. The maximum atomic E-state index is 13.0. The van der Waals surface area contributed by atoms with Gasteiger partial charge in [0.1, 0.15) is 0 Å². The van der Waals surface area contributed by atoms with Gasteiger partial charge in [0.25, 0.3) is 5.91 Å². The molecule has 2 aliphatic rings. The third-order valence-corrected chi connectivity index (χ3v) is 4.24. The Balaban J connectivity index is 2.05. The molecule has 1 unspecified atom stereocenters. The van der Waals surface area contributed by atoms with Gasteiger partial charge < -0.3 is 9.64 Å². The van der Waals surface area contributed by atoms with Crippen LogP contribution in [0.2, 0.25) is 0 Å². The Bertz CT molecular complexity index is 825. The van der Waals surface area contributed by atoms with Gasteiger partial charge in [-0.1, -0.05) is 48.5 Å². The molecule has 4 heteroatoms. The molecule has 4 nitrogen and oxygen atoms in total. The summed E-state index contributed by atoms with van der Waals surface area (Å²) in [5.41, 5.74) is 1.53. The van der Waals surface area contributed by atoms with E-state index in [0.29, 0.717) is 11.1 Å². The average Bonchev–Trinajstić information content (AvgIpc) is 2.92. The Morgan fingerprint density at radius 2 is 1.64 bits per heavy atom. The van der Waals surface area contributed by atoms with Crippen LogP contribution in [0, 0.1) is 0 Å². The van der Waals surface area contributed by atoms with Crippen molar-refractivity contribution in [2.45, 2.75) is 5.60 Å². The van der Waals surface area contributed by atoms with Crippen molar-refractivity contribution >= 4 is 23.1 Å². The summed E-state index contributed by atoms with van der Waals surface area (Å²) in [5, 5.41) is 0. The number of hydrogen-bond donors (Lipinski definition) is 0. The highest BCUT2D eigenvalue weighted by atomic mass is 16.6. The van der Waals surface area contributed by atoms with E-state index in [1.54, 1.807) is 11.9 Å². The molecule has 2 aromatic carbocycles. The maximum absolute atomic E-state index is 13.0. The van der Waals surface area contributed by atoms with Crippen molar-refractivity contribution in [1.82, 2.24) is 0 Å². The SMILES string of the molecule is CN1C(=O)C2(c3ccccc3)OC(=O)C=C2c2ccccc21. The first kappa shape index (κ1) is 12.8. The highest BCUT2D eigenvalue weighted by Crippen LogP contribution is 2.51. The second-order valence-electron chi connectivity index (χ2n) is 5.41. The van der Waals surface area contributed by atoms with Crippen LogP contribution >= 0.6 is 0 Å². The van der Waals surface area contributed by atoms with E-state index < -0.39 is 11.6 Å². The molecule has 4 rings (SSSR count). The number of amides is 1. The second-order valence-corrected chi connectivity index (χ2v) is 5.41. The molecule has 0 radical (unpaired) electrons. The standard InChI is InChI=1S/C18H13NO3/c1-19-15-10-6-5-9-13(15)14-11-16(20)22-18(14,17(19)21)12-7-3-2-4-8-12/h2-11H,1H3. The fourth-order valence-corrected chi connectivity index (χ4v) is 3.23. The molecular formula is C18H13NO3. The van der Waals surface area contributed by atoms with Crippen LogP contribution in [-0.4, -0.2) is 18.9 Å². The van der Waals surface area contributed by atoms with Crippen LogP contribution in [0.3, 0.4) is 0 Å². The molecule has 0 aromatic heterocycles. The van der Waals surface area contributed by atoms with E-state index in [2.05, 4.69) is 0 Å². The highest BCUT2D eigenvalue weighted by molar-refractivity contribution is 6.20. The van der Waals surface area contributed by atoms with Gasteiger partial charge in [-0.25, -0.2) is 4.79 Å². The Hall–Kier alpha value is -2.88. The van der Waals surface area contributed by atoms with Crippen LogP contribution in [0.4, 0.5) is 5.69 Å². The van der Waals surface area contributed by atoms with Gasteiger partial charge in [0.15, 0.2) is 0 Å².